The molecule has 2 unspecified atom stereocenters. The van der Waals surface area contributed by atoms with Crippen LogP contribution in [0.5, 0.6) is 0 Å². The van der Waals surface area contributed by atoms with Crippen molar-refractivity contribution in [3.8, 4) is 11.3 Å². The van der Waals surface area contributed by atoms with Crippen LogP contribution >= 0.6 is 0 Å². The molecule has 0 amide bonds. The minimum absolute atomic E-state index is 0.0839. The Morgan fingerprint density at radius 1 is 1.08 bits per heavy atom. The van der Waals surface area contributed by atoms with Gasteiger partial charge in [0, 0.05) is 51.1 Å². The highest BCUT2D eigenvalue weighted by Gasteiger charge is 2.32. The lowest BCUT2D eigenvalue weighted by molar-refractivity contribution is -0.0178. The first kappa shape index (κ1) is 22.8. The van der Waals surface area contributed by atoms with Gasteiger partial charge in [-0.25, -0.2) is 13.8 Å². The summed E-state index contributed by atoms with van der Waals surface area (Å²) in [6.07, 6.45) is 5.96. The van der Waals surface area contributed by atoms with Crippen molar-refractivity contribution in [3.05, 3.63) is 47.8 Å². The lowest BCUT2D eigenvalue weighted by Gasteiger charge is -2.36. The number of fused-ring (bicyclic) bond motifs is 1. The Balaban J connectivity index is 1.44. The number of imidazole rings is 1. The second kappa shape index (κ2) is 8.51. The summed E-state index contributed by atoms with van der Waals surface area (Å²) in [6.45, 7) is 3.09. The van der Waals surface area contributed by atoms with Crippen LogP contribution in [-0.2, 0) is 11.8 Å². The van der Waals surface area contributed by atoms with E-state index in [1.54, 1.807) is 0 Å². The molecule has 4 aromatic rings. The first-order valence-electron chi connectivity index (χ1n) is 12.1. The van der Waals surface area contributed by atoms with Crippen LogP contribution in [-0.4, -0.2) is 62.6 Å². The lowest BCUT2D eigenvalue weighted by Crippen LogP contribution is -2.43. The number of hydrogen-bond donors (Lipinski definition) is 0. The third kappa shape index (κ3) is 3.97. The molecular weight excluding hydrogens is 466 g/mol. The van der Waals surface area contributed by atoms with Crippen LogP contribution in [0.25, 0.3) is 22.4 Å². The quantitative estimate of drug-likeness (QED) is 0.417. The van der Waals surface area contributed by atoms with Crippen LogP contribution in [0, 0.1) is 11.6 Å². The van der Waals surface area contributed by atoms with Gasteiger partial charge in [0.15, 0.2) is 5.65 Å². The fraction of sp³-hybridized carbons (Fsp3) is 0.440. The van der Waals surface area contributed by atoms with Gasteiger partial charge >= 0.3 is 0 Å². The molecular formula is C25H28F2N8O. The summed E-state index contributed by atoms with van der Waals surface area (Å²) in [5, 5.41) is 4.51. The summed E-state index contributed by atoms with van der Waals surface area (Å²) < 4.78 is 38.8. The molecule has 0 bridgehead atoms. The Bertz CT molecular complexity index is 1440. The van der Waals surface area contributed by atoms with E-state index in [1.807, 2.05) is 53.3 Å². The van der Waals surface area contributed by atoms with Crippen molar-refractivity contribution >= 4 is 23.1 Å². The van der Waals surface area contributed by atoms with E-state index in [2.05, 4.69) is 11.3 Å². The number of aryl methyl sites for hydroxylation is 1. The van der Waals surface area contributed by atoms with Crippen molar-refractivity contribution in [2.24, 2.45) is 7.05 Å². The number of nitrogens with zero attached hydrogens (tertiary/aromatic N) is 8. The molecule has 2 aliphatic rings. The predicted octanol–water partition coefficient (Wildman–Crippen LogP) is 3.87. The van der Waals surface area contributed by atoms with Gasteiger partial charge in [-0.05, 0) is 31.9 Å². The van der Waals surface area contributed by atoms with E-state index < -0.39 is 11.6 Å². The summed E-state index contributed by atoms with van der Waals surface area (Å²) in [6, 6.07) is 4.01. The zero-order chi connectivity index (χ0) is 25.1. The van der Waals surface area contributed by atoms with Crippen molar-refractivity contribution in [2.45, 2.75) is 38.0 Å². The van der Waals surface area contributed by atoms with Crippen molar-refractivity contribution in [1.82, 2.24) is 29.3 Å². The summed E-state index contributed by atoms with van der Waals surface area (Å²) in [4.78, 5) is 18.2. The maximum atomic E-state index is 15.0. The molecule has 1 aromatic carbocycles. The molecule has 1 saturated carbocycles. The van der Waals surface area contributed by atoms with Gasteiger partial charge in [-0.15, -0.1) is 0 Å². The van der Waals surface area contributed by atoms with E-state index in [-0.39, 0.29) is 17.8 Å². The molecule has 6 rings (SSSR count). The van der Waals surface area contributed by atoms with E-state index in [9.17, 15) is 8.78 Å². The zero-order valence-electron chi connectivity index (χ0n) is 20.7. The summed E-state index contributed by atoms with van der Waals surface area (Å²) >= 11 is 0. The standard InChI is InChI=1S/C25H28F2N8O/c1-14-11-34(13-20(36-14)15-10-28-35(12-15)17-6-7-17)24-29-21(18-8-5-16(26)9-19(18)27)22-23(30-24)31-25(32(2)3)33(22)4/h5,8-10,12,14,17,20H,6-7,11,13H2,1-4H3. The number of ether oxygens (including phenoxy) is 1. The zero-order valence-corrected chi connectivity index (χ0v) is 20.7. The first-order chi connectivity index (χ1) is 17.3. The Kier molecular flexibility index (Phi) is 5.40. The molecule has 1 aliphatic heterocycles. The highest BCUT2D eigenvalue weighted by molar-refractivity contribution is 5.90. The van der Waals surface area contributed by atoms with Crippen LogP contribution in [0.15, 0.2) is 30.6 Å². The molecule has 11 heteroatoms. The molecule has 1 aliphatic carbocycles. The Hall–Kier alpha value is -3.60. The maximum Gasteiger partial charge on any atom is 0.228 e. The van der Waals surface area contributed by atoms with Crippen LogP contribution in [0.1, 0.15) is 37.5 Å². The Labute approximate surface area is 207 Å². The van der Waals surface area contributed by atoms with Gasteiger partial charge in [-0.1, -0.05) is 0 Å². The van der Waals surface area contributed by atoms with Crippen molar-refractivity contribution in [1.29, 1.82) is 0 Å². The molecule has 0 radical (unpaired) electrons. The lowest BCUT2D eigenvalue weighted by atomic mass is 10.1. The van der Waals surface area contributed by atoms with E-state index in [4.69, 9.17) is 19.7 Å². The first-order valence-corrected chi connectivity index (χ1v) is 12.1. The van der Waals surface area contributed by atoms with E-state index in [1.165, 1.54) is 12.1 Å². The maximum absolute atomic E-state index is 15.0. The van der Waals surface area contributed by atoms with Gasteiger partial charge in [0.25, 0.3) is 0 Å². The number of morpholine rings is 1. The molecule has 188 valence electrons. The second-order valence-corrected chi connectivity index (χ2v) is 9.86. The molecule has 9 nitrogen and oxygen atoms in total. The van der Waals surface area contributed by atoms with E-state index >= 15 is 0 Å². The smallest absolute Gasteiger partial charge is 0.228 e. The highest BCUT2D eigenvalue weighted by Crippen LogP contribution is 2.37. The number of aromatic nitrogens is 6. The van der Waals surface area contributed by atoms with Crippen LogP contribution < -0.4 is 9.80 Å². The number of benzene rings is 1. The SMILES string of the molecule is CC1CN(c2nc(-c3ccc(F)cc3F)c3c(n2)nc(N(C)C)n3C)CC(c2cnn(C3CC3)c2)O1. The molecule has 4 heterocycles. The highest BCUT2D eigenvalue weighted by atomic mass is 19.1. The van der Waals surface area contributed by atoms with Gasteiger partial charge in [-0.2, -0.15) is 15.1 Å². The number of rotatable bonds is 5. The topological polar surface area (TPSA) is 77.1 Å². The Morgan fingerprint density at radius 2 is 1.89 bits per heavy atom. The Morgan fingerprint density at radius 3 is 2.61 bits per heavy atom. The third-order valence-corrected chi connectivity index (χ3v) is 6.74. The summed E-state index contributed by atoms with van der Waals surface area (Å²) in [7, 11) is 5.59. The van der Waals surface area contributed by atoms with E-state index in [0.717, 1.165) is 24.5 Å². The fourth-order valence-electron chi connectivity index (χ4n) is 4.86. The molecule has 0 N–H and O–H groups in total. The average molecular weight is 495 g/mol. The fourth-order valence-corrected chi connectivity index (χ4v) is 4.86. The number of halogens is 2. The minimum Gasteiger partial charge on any atom is -0.367 e. The number of anilines is 2. The number of hydrogen-bond acceptors (Lipinski definition) is 7. The van der Waals surface area contributed by atoms with Gasteiger partial charge in [0.1, 0.15) is 28.9 Å². The van der Waals surface area contributed by atoms with Crippen molar-refractivity contribution in [2.75, 3.05) is 37.0 Å². The van der Waals surface area contributed by atoms with Gasteiger partial charge in [0.2, 0.25) is 11.9 Å². The van der Waals surface area contributed by atoms with Crippen LogP contribution in [0.2, 0.25) is 0 Å². The normalized spacial score (nSPS) is 20.3. The molecule has 2 atom stereocenters. The molecule has 1 saturated heterocycles. The molecule has 0 spiro atoms. The van der Waals surface area contributed by atoms with Crippen LogP contribution in [0.4, 0.5) is 20.7 Å². The largest absolute Gasteiger partial charge is 0.367 e. The van der Waals surface area contributed by atoms with Crippen molar-refractivity contribution in [3.63, 3.8) is 0 Å². The summed E-state index contributed by atoms with van der Waals surface area (Å²) in [5.41, 5.74) is 2.60. The summed E-state index contributed by atoms with van der Waals surface area (Å²) in [5.74, 6) is -0.244. The average Bonchev–Trinajstić information content (AvgIpc) is 3.46. The third-order valence-electron chi connectivity index (χ3n) is 6.74. The van der Waals surface area contributed by atoms with Gasteiger partial charge < -0.3 is 19.1 Å². The molecule has 3 aromatic heterocycles. The molecule has 2 fully saturated rings. The monoisotopic (exact) mass is 494 g/mol. The van der Waals surface area contributed by atoms with Crippen molar-refractivity contribution < 1.29 is 13.5 Å². The minimum atomic E-state index is -0.686. The van der Waals surface area contributed by atoms with Crippen LogP contribution in [0.3, 0.4) is 0 Å². The second-order valence-electron chi connectivity index (χ2n) is 9.86. The van der Waals surface area contributed by atoms with Gasteiger partial charge in [-0.3, -0.25) is 4.68 Å². The molecule has 36 heavy (non-hydrogen) atoms. The van der Waals surface area contributed by atoms with Gasteiger partial charge in [0.05, 0.1) is 24.9 Å². The van der Waals surface area contributed by atoms with E-state index in [0.29, 0.717) is 47.9 Å². The predicted molar refractivity (Wildman–Crippen MR) is 132 cm³/mol.